The fourth-order valence-corrected chi connectivity index (χ4v) is 0.817. The van der Waals surface area contributed by atoms with Crippen LogP contribution in [0.1, 0.15) is 0 Å². The SMILES string of the molecule is Cl.Cl.Nc1nccc(N2NC=CO2)n1. The first kappa shape index (κ1) is 12.6. The second kappa shape index (κ2) is 5.36. The topological polar surface area (TPSA) is 76.3 Å². The van der Waals surface area contributed by atoms with E-state index in [1.807, 2.05) is 0 Å². The summed E-state index contributed by atoms with van der Waals surface area (Å²) in [6.07, 6.45) is 4.69. The van der Waals surface area contributed by atoms with Crippen LogP contribution in [0.15, 0.2) is 24.7 Å². The maximum absolute atomic E-state index is 5.37. The van der Waals surface area contributed by atoms with Gasteiger partial charge in [0.25, 0.3) is 0 Å². The number of hydrogen-bond donors (Lipinski definition) is 2. The summed E-state index contributed by atoms with van der Waals surface area (Å²) in [5.41, 5.74) is 8.16. The highest BCUT2D eigenvalue weighted by Gasteiger charge is 2.09. The Hall–Kier alpha value is -1.40. The van der Waals surface area contributed by atoms with Gasteiger partial charge in [-0.15, -0.1) is 24.8 Å². The Morgan fingerprint density at radius 2 is 2.21 bits per heavy atom. The molecule has 1 aromatic heterocycles. The number of nitrogens with one attached hydrogen (secondary N) is 1. The number of aromatic nitrogens is 2. The van der Waals surface area contributed by atoms with E-state index in [1.54, 1.807) is 18.5 Å². The van der Waals surface area contributed by atoms with Crippen molar-refractivity contribution in [3.63, 3.8) is 0 Å². The number of rotatable bonds is 1. The minimum Gasteiger partial charge on any atom is -0.368 e. The van der Waals surface area contributed by atoms with Crippen LogP contribution >= 0.6 is 24.8 Å². The molecule has 8 heteroatoms. The molecule has 14 heavy (non-hydrogen) atoms. The van der Waals surface area contributed by atoms with Crippen molar-refractivity contribution in [1.29, 1.82) is 0 Å². The molecular weight excluding hydrogens is 229 g/mol. The molecule has 1 aliphatic heterocycles. The van der Waals surface area contributed by atoms with Crippen LogP contribution in [0.5, 0.6) is 0 Å². The van der Waals surface area contributed by atoms with Crippen molar-refractivity contribution in [3.8, 4) is 0 Å². The molecule has 0 fully saturated rings. The maximum atomic E-state index is 5.37. The van der Waals surface area contributed by atoms with E-state index < -0.39 is 0 Å². The molecule has 2 heterocycles. The lowest BCUT2D eigenvalue weighted by atomic mass is 10.6. The normalized spacial score (nSPS) is 12.1. The fraction of sp³-hybridized carbons (Fsp3) is 0. The number of hydrogen-bond acceptors (Lipinski definition) is 6. The van der Waals surface area contributed by atoms with Crippen LogP contribution in [0, 0.1) is 0 Å². The van der Waals surface area contributed by atoms with Crippen molar-refractivity contribution in [3.05, 3.63) is 24.7 Å². The van der Waals surface area contributed by atoms with Gasteiger partial charge in [-0.1, -0.05) is 5.17 Å². The smallest absolute Gasteiger partial charge is 0.222 e. The Balaban J connectivity index is 0.000000845. The third kappa shape index (κ3) is 2.54. The largest absolute Gasteiger partial charge is 0.368 e. The predicted octanol–water partition coefficient (Wildman–Crippen LogP) is 0.630. The lowest BCUT2D eigenvalue weighted by Gasteiger charge is -2.14. The number of nitrogens with two attached hydrogens (primary N) is 1. The Morgan fingerprint density at radius 1 is 1.43 bits per heavy atom. The number of nitrogens with zero attached hydrogens (tertiary/aromatic N) is 3. The van der Waals surface area contributed by atoms with E-state index in [4.69, 9.17) is 10.6 Å². The molecule has 0 aromatic carbocycles. The van der Waals surface area contributed by atoms with Gasteiger partial charge in [-0.05, 0) is 0 Å². The van der Waals surface area contributed by atoms with Gasteiger partial charge in [0.2, 0.25) is 5.95 Å². The van der Waals surface area contributed by atoms with Crippen molar-refractivity contribution < 1.29 is 4.84 Å². The minimum atomic E-state index is 0. The maximum Gasteiger partial charge on any atom is 0.222 e. The second-order valence-corrected chi connectivity index (χ2v) is 2.10. The summed E-state index contributed by atoms with van der Waals surface area (Å²) in [7, 11) is 0. The van der Waals surface area contributed by atoms with E-state index >= 15 is 0 Å². The third-order valence-electron chi connectivity index (χ3n) is 1.29. The van der Waals surface area contributed by atoms with Crippen molar-refractivity contribution >= 4 is 36.6 Å². The zero-order valence-corrected chi connectivity index (χ0v) is 8.59. The van der Waals surface area contributed by atoms with Gasteiger partial charge >= 0.3 is 0 Å². The highest BCUT2D eigenvalue weighted by molar-refractivity contribution is 5.85. The first-order valence-electron chi connectivity index (χ1n) is 3.33. The molecule has 0 saturated heterocycles. The average Bonchev–Trinajstić information content (AvgIpc) is 2.56. The highest BCUT2D eigenvalue weighted by atomic mass is 35.5. The van der Waals surface area contributed by atoms with Crippen LogP contribution in [-0.4, -0.2) is 9.97 Å². The fourth-order valence-electron chi connectivity index (χ4n) is 0.817. The first-order chi connectivity index (χ1) is 5.86. The Morgan fingerprint density at radius 3 is 2.79 bits per heavy atom. The van der Waals surface area contributed by atoms with Crippen LogP contribution in [0.25, 0.3) is 0 Å². The van der Waals surface area contributed by atoms with Gasteiger partial charge in [-0.2, -0.15) is 4.98 Å². The lowest BCUT2D eigenvalue weighted by molar-refractivity contribution is 0.218. The van der Waals surface area contributed by atoms with E-state index in [0.29, 0.717) is 5.82 Å². The van der Waals surface area contributed by atoms with E-state index in [1.165, 1.54) is 11.4 Å². The summed E-state index contributed by atoms with van der Waals surface area (Å²) in [5, 5.41) is 1.37. The molecule has 1 aromatic rings. The van der Waals surface area contributed by atoms with Gasteiger partial charge < -0.3 is 10.6 Å². The Kier molecular flexibility index (Phi) is 4.82. The summed E-state index contributed by atoms with van der Waals surface area (Å²) in [5.74, 6) is 0.775. The van der Waals surface area contributed by atoms with Crippen molar-refractivity contribution in [2.24, 2.45) is 0 Å². The average molecular weight is 238 g/mol. The predicted molar refractivity (Wildman–Crippen MR) is 56.8 cm³/mol. The molecule has 0 saturated carbocycles. The summed E-state index contributed by atoms with van der Waals surface area (Å²) in [6, 6.07) is 1.68. The third-order valence-corrected chi connectivity index (χ3v) is 1.29. The van der Waals surface area contributed by atoms with Crippen molar-refractivity contribution in [2.75, 3.05) is 10.9 Å². The molecule has 2 rings (SSSR count). The molecule has 3 N–H and O–H groups in total. The second-order valence-electron chi connectivity index (χ2n) is 2.10. The van der Waals surface area contributed by atoms with Gasteiger partial charge in [0.05, 0.1) is 6.20 Å². The Labute approximate surface area is 92.9 Å². The van der Waals surface area contributed by atoms with E-state index in [-0.39, 0.29) is 30.8 Å². The van der Waals surface area contributed by atoms with E-state index in [2.05, 4.69) is 15.4 Å². The molecule has 6 nitrogen and oxygen atoms in total. The number of hydrazine groups is 1. The lowest BCUT2D eigenvalue weighted by Crippen LogP contribution is -2.28. The quantitative estimate of drug-likeness (QED) is 0.747. The van der Waals surface area contributed by atoms with Gasteiger partial charge in [-0.3, -0.25) is 5.43 Å². The van der Waals surface area contributed by atoms with Crippen LogP contribution < -0.4 is 16.3 Å². The summed E-state index contributed by atoms with van der Waals surface area (Å²) in [4.78, 5) is 12.7. The van der Waals surface area contributed by atoms with E-state index in [0.717, 1.165) is 0 Å². The molecule has 78 valence electrons. The molecule has 0 atom stereocenters. The molecule has 0 aliphatic carbocycles. The standard InChI is InChI=1S/C6H7N5O.2ClH/c7-6-8-2-1-5(10-6)11-9-3-4-12-11;;/h1-4,9H,(H2,7,8,10);2*1H. The molecule has 1 aliphatic rings. The Bertz CT molecular complexity index is 313. The van der Waals surface area contributed by atoms with Gasteiger partial charge in [0, 0.05) is 12.3 Å². The van der Waals surface area contributed by atoms with Crippen LogP contribution in [0.3, 0.4) is 0 Å². The molecular formula is C6H9Cl2N5O. The van der Waals surface area contributed by atoms with Crippen molar-refractivity contribution in [2.45, 2.75) is 0 Å². The summed E-state index contributed by atoms with van der Waals surface area (Å²) in [6.45, 7) is 0. The van der Waals surface area contributed by atoms with Crippen molar-refractivity contribution in [1.82, 2.24) is 15.4 Å². The molecule has 0 unspecified atom stereocenters. The van der Waals surface area contributed by atoms with Gasteiger partial charge in [-0.25, -0.2) is 4.98 Å². The molecule has 0 spiro atoms. The van der Waals surface area contributed by atoms with Gasteiger partial charge in [0.15, 0.2) is 5.82 Å². The molecule has 0 amide bonds. The first-order valence-corrected chi connectivity index (χ1v) is 3.33. The highest BCUT2D eigenvalue weighted by Crippen LogP contribution is 2.11. The monoisotopic (exact) mass is 237 g/mol. The zero-order chi connectivity index (χ0) is 8.39. The summed E-state index contributed by atoms with van der Waals surface area (Å²) < 4.78 is 0. The van der Waals surface area contributed by atoms with Crippen LogP contribution in [-0.2, 0) is 4.84 Å². The number of halogens is 2. The number of anilines is 2. The molecule has 0 radical (unpaired) electrons. The van der Waals surface area contributed by atoms with Crippen LogP contribution in [0.2, 0.25) is 0 Å². The number of nitrogen functional groups attached to an aromatic ring is 1. The summed E-state index contributed by atoms with van der Waals surface area (Å²) >= 11 is 0. The minimum absolute atomic E-state index is 0. The zero-order valence-electron chi connectivity index (χ0n) is 6.95. The van der Waals surface area contributed by atoms with E-state index in [9.17, 15) is 0 Å². The van der Waals surface area contributed by atoms with Gasteiger partial charge in [0.1, 0.15) is 6.26 Å². The molecule has 0 bridgehead atoms. The van der Waals surface area contributed by atoms with Crippen LogP contribution in [0.4, 0.5) is 11.8 Å².